The highest BCUT2D eigenvalue weighted by Gasteiger charge is 2.38. The number of halogens is 1. The minimum atomic E-state index is -0.920. The van der Waals surface area contributed by atoms with Gasteiger partial charge in [0.15, 0.2) is 11.5 Å². The Morgan fingerprint density at radius 2 is 1.78 bits per heavy atom. The predicted octanol–water partition coefficient (Wildman–Crippen LogP) is 3.47. The Labute approximate surface area is 198 Å². The Hall–Kier alpha value is -3.28. The first-order valence-electron chi connectivity index (χ1n) is 9.68. The number of nitrogens with zero attached hydrogens (tertiary/aromatic N) is 1. The van der Waals surface area contributed by atoms with Crippen LogP contribution >= 0.6 is 22.6 Å². The number of amides is 4. The van der Waals surface area contributed by atoms with Crippen molar-refractivity contribution >= 4 is 52.2 Å². The number of phenolic OH excluding ortho intramolecular Hbond substituents is 1. The summed E-state index contributed by atoms with van der Waals surface area (Å²) in [5.74, 6) is -1.11. The molecule has 2 aromatic carbocycles. The highest BCUT2D eigenvalue weighted by molar-refractivity contribution is 14.1. The summed E-state index contributed by atoms with van der Waals surface area (Å²) >= 11 is 2.02. The first kappa shape index (κ1) is 23.4. The predicted molar refractivity (Wildman–Crippen MR) is 125 cm³/mol. The topological polar surface area (TPSA) is 114 Å². The van der Waals surface area contributed by atoms with Crippen molar-refractivity contribution in [3.05, 3.63) is 45.0 Å². The van der Waals surface area contributed by atoms with Gasteiger partial charge in [0.25, 0.3) is 11.8 Å². The van der Waals surface area contributed by atoms with Gasteiger partial charge in [-0.2, -0.15) is 0 Å². The van der Waals surface area contributed by atoms with Crippen molar-refractivity contribution in [3.63, 3.8) is 0 Å². The van der Waals surface area contributed by atoms with E-state index >= 15 is 0 Å². The third kappa shape index (κ3) is 4.64. The van der Waals surface area contributed by atoms with E-state index in [9.17, 15) is 19.5 Å². The second kappa shape index (κ2) is 9.90. The van der Waals surface area contributed by atoms with Crippen molar-refractivity contribution in [2.45, 2.75) is 13.8 Å². The first-order chi connectivity index (χ1) is 15.3. The molecule has 4 amide bonds. The average molecular weight is 552 g/mol. The molecule has 0 aliphatic carbocycles. The molecular formula is C22H21IN2O7. The minimum absolute atomic E-state index is 0.128. The molecular weight excluding hydrogens is 531 g/mol. The van der Waals surface area contributed by atoms with Crippen molar-refractivity contribution in [2.75, 3.05) is 25.2 Å². The maximum atomic E-state index is 13.3. The van der Waals surface area contributed by atoms with Crippen LogP contribution in [0.2, 0.25) is 0 Å². The lowest BCUT2D eigenvalue weighted by molar-refractivity contribution is -0.122. The number of carbonyl (C=O) groups is 3. The van der Waals surface area contributed by atoms with Gasteiger partial charge in [0, 0.05) is 15.2 Å². The molecule has 0 bridgehead atoms. The van der Waals surface area contributed by atoms with Gasteiger partial charge in [-0.3, -0.25) is 14.9 Å². The Kier molecular flexibility index (Phi) is 7.23. The maximum Gasteiger partial charge on any atom is 0.336 e. The van der Waals surface area contributed by atoms with Gasteiger partial charge in [-0.05, 0) is 66.8 Å². The normalized spacial score (nSPS) is 15.1. The summed E-state index contributed by atoms with van der Waals surface area (Å²) in [5, 5.41) is 12.6. The average Bonchev–Trinajstić information content (AvgIpc) is 2.75. The number of urea groups is 1. The Bertz CT molecular complexity index is 1110. The molecule has 3 rings (SSSR count). The maximum absolute atomic E-state index is 13.3. The lowest BCUT2D eigenvalue weighted by atomic mass is 10.1. The van der Waals surface area contributed by atoms with Gasteiger partial charge in [0.2, 0.25) is 0 Å². The number of imide groups is 2. The van der Waals surface area contributed by atoms with Gasteiger partial charge in [0.05, 0.1) is 26.0 Å². The quantitative estimate of drug-likeness (QED) is 0.307. The molecule has 1 aliphatic rings. The number of nitrogens with one attached hydrogen (secondary N) is 1. The molecule has 32 heavy (non-hydrogen) atoms. The summed E-state index contributed by atoms with van der Waals surface area (Å²) in [5.41, 5.74) is -0.0222. The Morgan fingerprint density at radius 1 is 1.06 bits per heavy atom. The van der Waals surface area contributed by atoms with E-state index < -0.39 is 17.8 Å². The Balaban J connectivity index is 2.12. The zero-order valence-corrected chi connectivity index (χ0v) is 19.8. The van der Waals surface area contributed by atoms with Gasteiger partial charge in [-0.15, -0.1) is 0 Å². The summed E-state index contributed by atoms with van der Waals surface area (Å²) in [6, 6.07) is 6.99. The number of phenols is 1. The molecule has 2 aromatic rings. The molecule has 0 atom stereocenters. The summed E-state index contributed by atoms with van der Waals surface area (Å²) < 4.78 is 16.9. The summed E-state index contributed by atoms with van der Waals surface area (Å²) in [4.78, 5) is 39.2. The van der Waals surface area contributed by atoms with Crippen molar-refractivity contribution < 1.29 is 33.7 Å². The summed E-state index contributed by atoms with van der Waals surface area (Å²) in [7, 11) is 1.39. The molecule has 9 nitrogen and oxygen atoms in total. The van der Waals surface area contributed by atoms with Crippen LogP contribution in [0.25, 0.3) is 6.08 Å². The zero-order valence-electron chi connectivity index (χ0n) is 17.6. The second-order valence-corrected chi connectivity index (χ2v) is 7.74. The number of hydrogen-bond donors (Lipinski definition) is 2. The number of aromatic hydroxyl groups is 1. The fourth-order valence-corrected chi connectivity index (χ4v) is 3.72. The fourth-order valence-electron chi connectivity index (χ4n) is 3.10. The van der Waals surface area contributed by atoms with Gasteiger partial charge < -0.3 is 19.3 Å². The van der Waals surface area contributed by atoms with Crippen LogP contribution < -0.4 is 24.4 Å². The van der Waals surface area contributed by atoms with Crippen molar-refractivity contribution in [1.82, 2.24) is 5.32 Å². The summed E-state index contributed by atoms with van der Waals surface area (Å²) in [6.07, 6.45) is 1.21. The molecule has 0 unspecified atom stereocenters. The number of carbonyl (C=O) groups excluding carboxylic acids is 3. The van der Waals surface area contributed by atoms with E-state index in [-0.39, 0.29) is 34.1 Å². The van der Waals surface area contributed by atoms with Crippen LogP contribution in [0.4, 0.5) is 10.5 Å². The van der Waals surface area contributed by atoms with Crippen molar-refractivity contribution in [1.29, 1.82) is 0 Å². The number of barbiturate groups is 1. The number of hydrogen-bond acceptors (Lipinski definition) is 7. The van der Waals surface area contributed by atoms with E-state index in [1.165, 1.54) is 19.3 Å². The third-order valence-electron chi connectivity index (χ3n) is 4.47. The smallest absolute Gasteiger partial charge is 0.336 e. The fraction of sp³-hybridized carbons (Fsp3) is 0.227. The molecule has 0 spiro atoms. The van der Waals surface area contributed by atoms with Gasteiger partial charge in [0.1, 0.15) is 17.1 Å². The molecule has 10 heteroatoms. The molecule has 2 N–H and O–H groups in total. The van der Waals surface area contributed by atoms with E-state index in [1.807, 2.05) is 22.6 Å². The molecule has 1 saturated heterocycles. The van der Waals surface area contributed by atoms with Crippen LogP contribution in [0.1, 0.15) is 19.4 Å². The minimum Gasteiger partial charge on any atom is -0.504 e. The van der Waals surface area contributed by atoms with E-state index in [0.717, 1.165) is 4.90 Å². The van der Waals surface area contributed by atoms with Gasteiger partial charge in [-0.1, -0.05) is 0 Å². The van der Waals surface area contributed by atoms with Crippen LogP contribution in [0.15, 0.2) is 35.9 Å². The number of rotatable bonds is 7. The van der Waals surface area contributed by atoms with Crippen LogP contribution in [0.3, 0.4) is 0 Å². The van der Waals surface area contributed by atoms with E-state index in [2.05, 4.69) is 5.32 Å². The lowest BCUT2D eigenvalue weighted by Gasteiger charge is -2.28. The van der Waals surface area contributed by atoms with Crippen LogP contribution in [0, 0.1) is 3.57 Å². The van der Waals surface area contributed by atoms with E-state index in [0.29, 0.717) is 22.5 Å². The van der Waals surface area contributed by atoms with Gasteiger partial charge >= 0.3 is 6.03 Å². The molecule has 1 fully saturated rings. The molecule has 168 valence electrons. The SMILES string of the molecule is CCOc1ccc(OCC)c(N2C(=O)NC(=O)/C(=C\c3cc(I)cc(OC)c3O)C2=O)c1. The Morgan fingerprint density at radius 3 is 2.44 bits per heavy atom. The second-order valence-electron chi connectivity index (χ2n) is 6.50. The van der Waals surface area contributed by atoms with E-state index in [1.54, 1.807) is 38.1 Å². The number of methoxy groups -OCH3 is 1. The van der Waals surface area contributed by atoms with Crippen LogP contribution in [0.5, 0.6) is 23.0 Å². The molecule has 0 radical (unpaired) electrons. The van der Waals surface area contributed by atoms with Gasteiger partial charge in [-0.25, -0.2) is 9.69 Å². The molecule has 0 saturated carbocycles. The van der Waals surface area contributed by atoms with Crippen molar-refractivity contribution in [3.8, 4) is 23.0 Å². The highest BCUT2D eigenvalue weighted by Crippen LogP contribution is 2.37. The molecule has 1 aliphatic heterocycles. The first-order valence-corrected chi connectivity index (χ1v) is 10.8. The lowest BCUT2D eigenvalue weighted by Crippen LogP contribution is -2.54. The molecule has 0 aromatic heterocycles. The highest BCUT2D eigenvalue weighted by atomic mass is 127. The monoisotopic (exact) mass is 552 g/mol. The van der Waals surface area contributed by atoms with Crippen LogP contribution in [-0.2, 0) is 9.59 Å². The van der Waals surface area contributed by atoms with Crippen LogP contribution in [-0.4, -0.2) is 43.3 Å². The van der Waals surface area contributed by atoms with Crippen molar-refractivity contribution in [2.24, 2.45) is 0 Å². The third-order valence-corrected chi connectivity index (χ3v) is 5.10. The largest absolute Gasteiger partial charge is 0.504 e. The number of benzene rings is 2. The number of anilines is 1. The molecule has 1 heterocycles. The summed E-state index contributed by atoms with van der Waals surface area (Å²) in [6.45, 7) is 4.24. The zero-order chi connectivity index (χ0) is 23.4. The number of ether oxygens (including phenoxy) is 3. The van der Waals surface area contributed by atoms with E-state index in [4.69, 9.17) is 14.2 Å². The standard InChI is InChI=1S/C22H21IN2O7/c1-4-31-14-6-7-17(32-5-2)16(11-14)25-21(28)15(20(27)24-22(25)29)9-12-8-13(23)10-18(30-3)19(12)26/h6-11,26H,4-5H2,1-3H3,(H,24,27,29)/b15-9+.